The van der Waals surface area contributed by atoms with E-state index in [9.17, 15) is 0 Å². The summed E-state index contributed by atoms with van der Waals surface area (Å²) in [5.41, 5.74) is 5.22. The number of hydrogen-bond acceptors (Lipinski definition) is 2. The molecule has 2 aromatic rings. The van der Waals surface area contributed by atoms with Gasteiger partial charge in [0.1, 0.15) is 0 Å². The molecule has 0 N–H and O–H groups in total. The van der Waals surface area contributed by atoms with E-state index in [1.165, 1.54) is 48.2 Å². The molecule has 1 fully saturated rings. The molecule has 1 aromatic carbocycles. The normalized spacial score (nSPS) is 18.0. The molecule has 2 heterocycles. The first-order chi connectivity index (χ1) is 8.92. The van der Waals surface area contributed by atoms with E-state index in [4.69, 9.17) is 0 Å². The first-order valence-electron chi connectivity index (χ1n) is 6.92. The van der Waals surface area contributed by atoms with Crippen molar-refractivity contribution in [1.82, 2.24) is 15.0 Å². The molecule has 1 aliphatic carbocycles. The summed E-state index contributed by atoms with van der Waals surface area (Å²) in [6.45, 7) is 0.892. The Labute approximate surface area is 107 Å². The highest BCUT2D eigenvalue weighted by molar-refractivity contribution is 5.69. The second-order valence-corrected chi connectivity index (χ2v) is 5.55. The van der Waals surface area contributed by atoms with Crippen LogP contribution in [0.4, 0.5) is 0 Å². The molecule has 1 aliphatic heterocycles. The molecule has 1 saturated carbocycles. The van der Waals surface area contributed by atoms with Gasteiger partial charge in [0, 0.05) is 5.56 Å². The van der Waals surface area contributed by atoms with Gasteiger partial charge in [-0.1, -0.05) is 55.2 Å². The first kappa shape index (κ1) is 10.3. The van der Waals surface area contributed by atoms with Gasteiger partial charge in [-0.2, -0.15) is 0 Å². The summed E-state index contributed by atoms with van der Waals surface area (Å²) in [6, 6.07) is 8.62. The Morgan fingerprint density at radius 3 is 2.89 bits per heavy atom. The highest BCUT2D eigenvalue weighted by Crippen LogP contribution is 2.35. The van der Waals surface area contributed by atoms with E-state index in [-0.39, 0.29) is 0 Å². The zero-order chi connectivity index (χ0) is 11.9. The lowest BCUT2D eigenvalue weighted by Gasteiger charge is -2.07. The van der Waals surface area contributed by atoms with Crippen LogP contribution in [0.15, 0.2) is 24.3 Å². The molecule has 0 unspecified atom stereocenters. The Bertz CT molecular complexity index is 579. The minimum Gasteiger partial charge on any atom is -0.240 e. The van der Waals surface area contributed by atoms with Crippen molar-refractivity contribution in [2.24, 2.45) is 5.92 Å². The topological polar surface area (TPSA) is 30.7 Å². The molecular formula is C15H17N3. The van der Waals surface area contributed by atoms with Crippen molar-refractivity contribution < 1.29 is 0 Å². The van der Waals surface area contributed by atoms with Crippen LogP contribution in [0, 0.1) is 5.92 Å². The van der Waals surface area contributed by atoms with Crippen LogP contribution in [0.3, 0.4) is 0 Å². The van der Waals surface area contributed by atoms with Crippen molar-refractivity contribution in [3.63, 3.8) is 0 Å². The van der Waals surface area contributed by atoms with E-state index in [2.05, 4.69) is 39.3 Å². The molecule has 0 atom stereocenters. The van der Waals surface area contributed by atoms with Gasteiger partial charge in [-0.3, -0.25) is 0 Å². The smallest absolute Gasteiger partial charge is 0.0925 e. The average molecular weight is 239 g/mol. The van der Waals surface area contributed by atoms with Crippen LogP contribution in [0.1, 0.15) is 36.9 Å². The van der Waals surface area contributed by atoms with Crippen LogP contribution in [0.5, 0.6) is 0 Å². The SMILES string of the molecule is c1ccc2c(c1)Cn1nnc(CC3CCCC3)c1-2. The predicted octanol–water partition coefficient (Wildman–Crippen LogP) is 3.04. The molecule has 4 rings (SSSR count). The summed E-state index contributed by atoms with van der Waals surface area (Å²) in [6.07, 6.45) is 6.64. The molecule has 3 nitrogen and oxygen atoms in total. The second kappa shape index (κ2) is 3.94. The third kappa shape index (κ3) is 1.50. The molecule has 0 spiro atoms. The maximum absolute atomic E-state index is 4.41. The van der Waals surface area contributed by atoms with Crippen molar-refractivity contribution in [2.45, 2.75) is 38.6 Å². The van der Waals surface area contributed by atoms with E-state index in [1.807, 2.05) is 0 Å². The third-order valence-corrected chi connectivity index (χ3v) is 4.35. The van der Waals surface area contributed by atoms with Crippen molar-refractivity contribution in [3.8, 4) is 11.3 Å². The lowest BCUT2D eigenvalue weighted by Crippen LogP contribution is -2.00. The van der Waals surface area contributed by atoms with Gasteiger partial charge in [-0.05, 0) is 17.9 Å². The number of nitrogens with zero attached hydrogens (tertiary/aromatic N) is 3. The third-order valence-electron chi connectivity index (χ3n) is 4.35. The minimum absolute atomic E-state index is 0.833. The Morgan fingerprint density at radius 2 is 2.00 bits per heavy atom. The average Bonchev–Trinajstić information content (AvgIpc) is 3.07. The highest BCUT2D eigenvalue weighted by Gasteiger charge is 2.26. The Morgan fingerprint density at radius 1 is 1.17 bits per heavy atom. The Hall–Kier alpha value is -1.64. The summed E-state index contributed by atoms with van der Waals surface area (Å²) in [4.78, 5) is 0. The van der Waals surface area contributed by atoms with Gasteiger partial charge in [-0.25, -0.2) is 4.68 Å². The van der Waals surface area contributed by atoms with Gasteiger partial charge in [-0.15, -0.1) is 5.10 Å². The molecule has 1 aromatic heterocycles. The van der Waals surface area contributed by atoms with Crippen LogP contribution < -0.4 is 0 Å². The zero-order valence-electron chi connectivity index (χ0n) is 10.5. The number of hydrogen-bond donors (Lipinski definition) is 0. The molecule has 92 valence electrons. The van der Waals surface area contributed by atoms with Crippen LogP contribution in [-0.4, -0.2) is 15.0 Å². The van der Waals surface area contributed by atoms with E-state index in [0.29, 0.717) is 0 Å². The van der Waals surface area contributed by atoms with E-state index in [1.54, 1.807) is 0 Å². The summed E-state index contributed by atoms with van der Waals surface area (Å²) in [7, 11) is 0. The maximum Gasteiger partial charge on any atom is 0.0925 e. The molecular weight excluding hydrogens is 222 g/mol. The van der Waals surface area contributed by atoms with Gasteiger partial charge >= 0.3 is 0 Å². The van der Waals surface area contributed by atoms with Gasteiger partial charge < -0.3 is 0 Å². The monoisotopic (exact) mass is 239 g/mol. The van der Waals surface area contributed by atoms with E-state index < -0.39 is 0 Å². The minimum atomic E-state index is 0.833. The second-order valence-electron chi connectivity index (χ2n) is 5.55. The lowest BCUT2D eigenvalue weighted by molar-refractivity contribution is 0.538. The quantitative estimate of drug-likeness (QED) is 0.688. The molecule has 0 amide bonds. The first-order valence-corrected chi connectivity index (χ1v) is 6.92. The molecule has 0 saturated heterocycles. The summed E-state index contributed by atoms with van der Waals surface area (Å²) >= 11 is 0. The lowest BCUT2D eigenvalue weighted by atomic mass is 9.98. The van der Waals surface area contributed by atoms with E-state index in [0.717, 1.165) is 18.9 Å². The number of fused-ring (bicyclic) bond motifs is 3. The van der Waals surface area contributed by atoms with Crippen LogP contribution >= 0.6 is 0 Å². The number of aromatic nitrogens is 3. The Kier molecular flexibility index (Phi) is 2.25. The van der Waals surface area contributed by atoms with Crippen molar-refractivity contribution in [1.29, 1.82) is 0 Å². The predicted molar refractivity (Wildman–Crippen MR) is 70.2 cm³/mol. The molecule has 0 radical (unpaired) electrons. The van der Waals surface area contributed by atoms with E-state index >= 15 is 0 Å². The fraction of sp³-hybridized carbons (Fsp3) is 0.467. The largest absolute Gasteiger partial charge is 0.240 e. The van der Waals surface area contributed by atoms with Crippen LogP contribution in [0.2, 0.25) is 0 Å². The van der Waals surface area contributed by atoms with Gasteiger partial charge in [0.2, 0.25) is 0 Å². The highest BCUT2D eigenvalue weighted by atomic mass is 15.4. The van der Waals surface area contributed by atoms with Gasteiger partial charge in [0.15, 0.2) is 0 Å². The zero-order valence-corrected chi connectivity index (χ0v) is 10.5. The van der Waals surface area contributed by atoms with Crippen LogP contribution in [0.25, 0.3) is 11.3 Å². The standard InChI is InChI=1S/C15H17N3/c1-2-6-11(5-1)9-14-15-13-8-4-3-7-12(13)10-18(15)17-16-14/h3-4,7-8,11H,1-2,5-6,9-10H2. The van der Waals surface area contributed by atoms with Gasteiger partial charge in [0.25, 0.3) is 0 Å². The number of benzene rings is 1. The molecule has 3 heteroatoms. The number of rotatable bonds is 2. The van der Waals surface area contributed by atoms with Gasteiger partial charge in [0.05, 0.1) is 17.9 Å². The van der Waals surface area contributed by atoms with Crippen LogP contribution in [-0.2, 0) is 13.0 Å². The van der Waals surface area contributed by atoms with Crippen molar-refractivity contribution >= 4 is 0 Å². The molecule has 2 aliphatic rings. The van der Waals surface area contributed by atoms with Crippen molar-refractivity contribution in [3.05, 3.63) is 35.5 Å². The van der Waals surface area contributed by atoms with Crippen molar-refractivity contribution in [2.75, 3.05) is 0 Å². The fourth-order valence-electron chi connectivity index (χ4n) is 3.43. The molecule has 18 heavy (non-hydrogen) atoms. The summed E-state index contributed by atoms with van der Waals surface area (Å²) in [5.74, 6) is 0.833. The maximum atomic E-state index is 4.41. The molecule has 0 bridgehead atoms. The summed E-state index contributed by atoms with van der Waals surface area (Å²) < 4.78 is 2.06. The summed E-state index contributed by atoms with van der Waals surface area (Å²) in [5, 5.41) is 8.73. The fourth-order valence-corrected chi connectivity index (χ4v) is 3.43. The Balaban J connectivity index is 1.72.